The van der Waals surface area contributed by atoms with E-state index in [1.165, 1.54) is 12.8 Å². The lowest BCUT2D eigenvalue weighted by atomic mass is 10.1. The van der Waals surface area contributed by atoms with Gasteiger partial charge in [0.25, 0.3) is 0 Å². The van der Waals surface area contributed by atoms with Gasteiger partial charge < -0.3 is 0 Å². The molecule has 0 spiro atoms. The van der Waals surface area contributed by atoms with Crippen LogP contribution in [0, 0.1) is 11.3 Å². The van der Waals surface area contributed by atoms with Crippen molar-refractivity contribution in [2.75, 3.05) is 26.2 Å². The lowest BCUT2D eigenvalue weighted by molar-refractivity contribution is 0.125. The second-order valence-electron chi connectivity index (χ2n) is 3.86. The van der Waals surface area contributed by atoms with E-state index < -0.39 is 0 Å². The second-order valence-corrected chi connectivity index (χ2v) is 5.70. The smallest absolute Gasteiger partial charge is 0.0638 e. The van der Waals surface area contributed by atoms with Crippen LogP contribution >= 0.6 is 30.3 Å². The van der Waals surface area contributed by atoms with Gasteiger partial charge in [-0.05, 0) is 22.1 Å². The molecule has 0 saturated carbocycles. The molecule has 1 aliphatic heterocycles. The second kappa shape index (κ2) is 7.71. The quantitative estimate of drug-likeness (QED) is 0.569. The predicted molar refractivity (Wildman–Crippen MR) is 73.7 cm³/mol. The average molecular weight is 339 g/mol. The summed E-state index contributed by atoms with van der Waals surface area (Å²) in [5.74, 6) is 0. The molecule has 1 unspecified atom stereocenters. The van der Waals surface area contributed by atoms with E-state index in [0.717, 1.165) is 26.2 Å². The fourth-order valence-electron chi connectivity index (χ4n) is 1.88. The molecule has 1 aliphatic rings. The van der Waals surface area contributed by atoms with Gasteiger partial charge in [-0.15, -0.1) is 0 Å². The summed E-state index contributed by atoms with van der Waals surface area (Å²) in [5.41, 5.74) is 0. The van der Waals surface area contributed by atoms with Crippen molar-refractivity contribution in [3.8, 4) is 6.07 Å². The minimum atomic E-state index is 0.442. The van der Waals surface area contributed by atoms with E-state index in [4.69, 9.17) is 5.26 Å². The standard InChI is InChI=1S/C10H18IN3S/c1-2-3-6-13-7-8-14(15-11)9-10(13)4-5-12/h10H,2-4,6-9H2,1H3. The Hall–Kier alpha value is 0.490. The van der Waals surface area contributed by atoms with E-state index in [-0.39, 0.29) is 0 Å². The number of hydrogen-bond acceptors (Lipinski definition) is 4. The van der Waals surface area contributed by atoms with E-state index in [0.29, 0.717) is 12.5 Å². The summed E-state index contributed by atoms with van der Waals surface area (Å²) in [5, 5.41) is 8.82. The number of rotatable bonds is 5. The van der Waals surface area contributed by atoms with Crippen LogP contribution in [0.4, 0.5) is 0 Å². The van der Waals surface area contributed by atoms with E-state index >= 15 is 0 Å². The van der Waals surface area contributed by atoms with Crippen molar-refractivity contribution in [3.63, 3.8) is 0 Å². The number of hydrogen-bond donors (Lipinski definition) is 0. The zero-order valence-corrected chi connectivity index (χ0v) is 12.1. The molecule has 86 valence electrons. The van der Waals surface area contributed by atoms with Crippen molar-refractivity contribution < 1.29 is 0 Å². The Morgan fingerprint density at radius 1 is 1.53 bits per heavy atom. The Kier molecular flexibility index (Phi) is 6.97. The van der Waals surface area contributed by atoms with E-state index in [2.05, 4.69) is 43.4 Å². The monoisotopic (exact) mass is 339 g/mol. The van der Waals surface area contributed by atoms with Crippen LogP contribution in [0.1, 0.15) is 26.2 Å². The van der Waals surface area contributed by atoms with Crippen LogP contribution in [0.5, 0.6) is 0 Å². The van der Waals surface area contributed by atoms with Crippen molar-refractivity contribution >= 4 is 30.3 Å². The van der Waals surface area contributed by atoms with E-state index in [1.807, 2.05) is 0 Å². The van der Waals surface area contributed by atoms with Crippen LogP contribution in [0.15, 0.2) is 0 Å². The van der Waals surface area contributed by atoms with Gasteiger partial charge in [-0.25, -0.2) is 4.31 Å². The molecule has 5 heteroatoms. The highest BCUT2D eigenvalue weighted by molar-refractivity contribution is 14.2. The highest BCUT2D eigenvalue weighted by Crippen LogP contribution is 2.24. The predicted octanol–water partition coefficient (Wildman–Crippen LogP) is 2.68. The molecule has 1 saturated heterocycles. The first-order valence-corrected chi connectivity index (χ1v) is 8.78. The van der Waals surface area contributed by atoms with Crippen LogP contribution in [-0.4, -0.2) is 41.4 Å². The first-order valence-electron chi connectivity index (χ1n) is 5.46. The summed E-state index contributed by atoms with van der Waals surface area (Å²) < 4.78 is 2.35. The average Bonchev–Trinajstić information content (AvgIpc) is 2.27. The first kappa shape index (κ1) is 13.6. The summed E-state index contributed by atoms with van der Waals surface area (Å²) in [6.45, 7) is 6.64. The summed E-state index contributed by atoms with van der Waals surface area (Å²) >= 11 is 2.32. The summed E-state index contributed by atoms with van der Waals surface area (Å²) in [6, 6.07) is 2.75. The number of halogens is 1. The van der Waals surface area contributed by atoms with Gasteiger partial charge in [-0.1, -0.05) is 13.3 Å². The lowest BCUT2D eigenvalue weighted by Crippen LogP contribution is -2.50. The number of nitriles is 1. The lowest BCUT2D eigenvalue weighted by Gasteiger charge is -2.39. The van der Waals surface area contributed by atoms with Crippen LogP contribution in [0.3, 0.4) is 0 Å². The Bertz CT molecular complexity index is 219. The third-order valence-corrected chi connectivity index (χ3v) is 4.99. The molecule has 3 nitrogen and oxygen atoms in total. The summed E-state index contributed by atoms with van der Waals surface area (Å²) in [7, 11) is 1.77. The highest BCUT2D eigenvalue weighted by atomic mass is 127. The van der Waals surface area contributed by atoms with Crippen molar-refractivity contribution in [1.29, 1.82) is 5.26 Å². The van der Waals surface area contributed by atoms with E-state index in [9.17, 15) is 0 Å². The Morgan fingerprint density at radius 3 is 2.93 bits per heavy atom. The molecule has 0 aromatic rings. The zero-order chi connectivity index (χ0) is 11.1. The zero-order valence-electron chi connectivity index (χ0n) is 9.15. The van der Waals surface area contributed by atoms with Gasteiger partial charge >= 0.3 is 0 Å². The molecule has 15 heavy (non-hydrogen) atoms. The number of unbranched alkanes of at least 4 members (excludes halogenated alkanes) is 1. The van der Waals surface area contributed by atoms with Crippen molar-refractivity contribution in [1.82, 2.24) is 9.21 Å². The number of piperazine rings is 1. The maximum Gasteiger partial charge on any atom is 0.0638 e. The molecule has 0 aliphatic carbocycles. The van der Waals surface area contributed by atoms with Gasteiger partial charge in [0.1, 0.15) is 0 Å². The van der Waals surface area contributed by atoms with Crippen molar-refractivity contribution in [2.45, 2.75) is 32.2 Å². The molecule has 0 bridgehead atoms. The molecule has 1 heterocycles. The minimum Gasteiger partial charge on any atom is -0.297 e. The van der Waals surface area contributed by atoms with Crippen molar-refractivity contribution in [3.05, 3.63) is 0 Å². The molecule has 1 rings (SSSR count). The maximum atomic E-state index is 8.82. The van der Waals surface area contributed by atoms with Gasteiger partial charge in [0, 0.05) is 46.9 Å². The van der Waals surface area contributed by atoms with Crippen LogP contribution < -0.4 is 0 Å². The fourth-order valence-corrected chi connectivity index (χ4v) is 3.33. The van der Waals surface area contributed by atoms with Gasteiger partial charge in [0.2, 0.25) is 0 Å². The van der Waals surface area contributed by atoms with E-state index in [1.54, 1.807) is 9.12 Å². The highest BCUT2D eigenvalue weighted by Gasteiger charge is 2.26. The van der Waals surface area contributed by atoms with Crippen LogP contribution in [-0.2, 0) is 0 Å². The Morgan fingerprint density at radius 2 is 2.33 bits per heavy atom. The van der Waals surface area contributed by atoms with Gasteiger partial charge in [0.05, 0.1) is 12.5 Å². The number of nitrogens with zero attached hydrogens (tertiary/aromatic N) is 3. The molecule has 0 N–H and O–H groups in total. The van der Waals surface area contributed by atoms with Gasteiger partial charge in [-0.3, -0.25) is 4.90 Å². The molecule has 0 aromatic carbocycles. The summed E-state index contributed by atoms with van der Waals surface area (Å²) in [6.07, 6.45) is 3.15. The molecular formula is C10H18IN3S. The van der Waals surface area contributed by atoms with Gasteiger partial charge in [-0.2, -0.15) is 5.26 Å². The Labute approximate surface area is 109 Å². The van der Waals surface area contributed by atoms with Gasteiger partial charge in [0.15, 0.2) is 0 Å². The molecular weight excluding hydrogens is 321 g/mol. The fraction of sp³-hybridized carbons (Fsp3) is 0.900. The van der Waals surface area contributed by atoms with Crippen LogP contribution in [0.25, 0.3) is 0 Å². The first-order chi connectivity index (χ1) is 7.31. The maximum absolute atomic E-state index is 8.82. The van der Waals surface area contributed by atoms with Crippen molar-refractivity contribution in [2.24, 2.45) is 0 Å². The minimum absolute atomic E-state index is 0.442. The topological polar surface area (TPSA) is 30.3 Å². The molecule has 1 fully saturated rings. The Balaban J connectivity index is 2.44. The normalized spacial score (nSPS) is 23.9. The molecule has 1 atom stereocenters. The SMILES string of the molecule is CCCCN1CCN(SI)CC1CC#N. The molecule has 0 aromatic heterocycles. The summed E-state index contributed by atoms with van der Waals surface area (Å²) in [4.78, 5) is 2.48. The third kappa shape index (κ3) is 4.47. The molecule has 0 radical (unpaired) electrons. The van der Waals surface area contributed by atoms with Crippen LogP contribution in [0.2, 0.25) is 0 Å². The third-order valence-electron chi connectivity index (χ3n) is 2.79. The largest absolute Gasteiger partial charge is 0.297 e. The molecule has 0 amide bonds.